The molecule has 2 nitrogen and oxygen atoms in total. The Balaban J connectivity index is 1.74. The minimum Gasteiger partial charge on any atom is -0.377 e. The Morgan fingerprint density at radius 2 is 2.07 bits per heavy atom. The van der Waals surface area contributed by atoms with Crippen LogP contribution in [0.25, 0.3) is 0 Å². The zero-order valence-corrected chi connectivity index (χ0v) is 10.2. The van der Waals surface area contributed by atoms with E-state index >= 15 is 0 Å². The molecule has 0 radical (unpaired) electrons. The van der Waals surface area contributed by atoms with E-state index in [2.05, 4.69) is 19.2 Å². The van der Waals surface area contributed by atoms with E-state index in [1.54, 1.807) is 0 Å². The Labute approximate surface area is 93.8 Å². The topological polar surface area (TPSA) is 21.3 Å². The SMILES string of the molecule is CC1CCCC(NC(C)C2CCCO2)C1. The average Bonchev–Trinajstić information content (AvgIpc) is 2.70. The highest BCUT2D eigenvalue weighted by Gasteiger charge is 2.26. The first-order valence-electron chi connectivity index (χ1n) is 6.63. The van der Waals surface area contributed by atoms with Crippen LogP contribution < -0.4 is 5.32 Å². The van der Waals surface area contributed by atoms with E-state index in [0.717, 1.165) is 18.6 Å². The van der Waals surface area contributed by atoms with Gasteiger partial charge < -0.3 is 10.1 Å². The van der Waals surface area contributed by atoms with E-state index in [0.29, 0.717) is 12.1 Å². The largest absolute Gasteiger partial charge is 0.377 e. The molecule has 0 spiro atoms. The molecule has 15 heavy (non-hydrogen) atoms. The zero-order chi connectivity index (χ0) is 10.7. The van der Waals surface area contributed by atoms with Gasteiger partial charge in [0.2, 0.25) is 0 Å². The van der Waals surface area contributed by atoms with E-state index < -0.39 is 0 Å². The van der Waals surface area contributed by atoms with Gasteiger partial charge in [-0.3, -0.25) is 0 Å². The highest BCUT2D eigenvalue weighted by Crippen LogP contribution is 2.25. The van der Waals surface area contributed by atoms with Gasteiger partial charge in [0.15, 0.2) is 0 Å². The highest BCUT2D eigenvalue weighted by atomic mass is 16.5. The van der Waals surface area contributed by atoms with Crippen LogP contribution in [0.15, 0.2) is 0 Å². The van der Waals surface area contributed by atoms with Crippen LogP contribution in [0.1, 0.15) is 52.4 Å². The van der Waals surface area contributed by atoms with Crippen molar-refractivity contribution in [2.75, 3.05) is 6.61 Å². The van der Waals surface area contributed by atoms with E-state index in [9.17, 15) is 0 Å². The molecule has 1 saturated heterocycles. The normalized spacial score (nSPS) is 39.2. The van der Waals surface area contributed by atoms with Crippen molar-refractivity contribution in [1.29, 1.82) is 0 Å². The molecule has 0 amide bonds. The predicted octanol–water partition coefficient (Wildman–Crippen LogP) is 2.72. The average molecular weight is 211 g/mol. The van der Waals surface area contributed by atoms with Crippen LogP contribution in [0, 0.1) is 5.92 Å². The molecule has 0 bridgehead atoms. The third-order valence-corrected chi connectivity index (χ3v) is 3.96. The Morgan fingerprint density at radius 3 is 2.73 bits per heavy atom. The van der Waals surface area contributed by atoms with Crippen LogP contribution in [0.4, 0.5) is 0 Å². The predicted molar refractivity (Wildman–Crippen MR) is 63.0 cm³/mol. The lowest BCUT2D eigenvalue weighted by atomic mass is 9.86. The van der Waals surface area contributed by atoms with Crippen molar-refractivity contribution in [2.24, 2.45) is 5.92 Å². The third kappa shape index (κ3) is 3.18. The minimum absolute atomic E-state index is 0.474. The van der Waals surface area contributed by atoms with Gasteiger partial charge in [0.25, 0.3) is 0 Å². The summed E-state index contributed by atoms with van der Waals surface area (Å²) in [5.74, 6) is 0.910. The second-order valence-corrected chi connectivity index (χ2v) is 5.48. The molecule has 1 saturated carbocycles. The lowest BCUT2D eigenvalue weighted by Gasteiger charge is -2.32. The fourth-order valence-electron chi connectivity index (χ4n) is 3.06. The first kappa shape index (κ1) is 11.4. The van der Waals surface area contributed by atoms with Gasteiger partial charge in [0.1, 0.15) is 0 Å². The van der Waals surface area contributed by atoms with Crippen LogP contribution >= 0.6 is 0 Å². The monoisotopic (exact) mass is 211 g/mol. The van der Waals surface area contributed by atoms with Crippen molar-refractivity contribution in [3.63, 3.8) is 0 Å². The number of hydrogen-bond donors (Lipinski definition) is 1. The molecule has 1 aliphatic heterocycles. The molecule has 2 aliphatic rings. The minimum atomic E-state index is 0.474. The lowest BCUT2D eigenvalue weighted by Crippen LogP contribution is -2.45. The van der Waals surface area contributed by atoms with Gasteiger partial charge in [-0.1, -0.05) is 19.8 Å². The van der Waals surface area contributed by atoms with Crippen LogP contribution in [0.5, 0.6) is 0 Å². The van der Waals surface area contributed by atoms with E-state index in [-0.39, 0.29) is 0 Å². The molecule has 0 aromatic heterocycles. The zero-order valence-electron chi connectivity index (χ0n) is 10.2. The summed E-state index contributed by atoms with van der Waals surface area (Å²) in [5, 5.41) is 3.77. The van der Waals surface area contributed by atoms with Crippen LogP contribution in [-0.2, 0) is 4.74 Å². The molecule has 1 aliphatic carbocycles. The molecule has 4 unspecified atom stereocenters. The Morgan fingerprint density at radius 1 is 1.20 bits per heavy atom. The van der Waals surface area contributed by atoms with Crippen molar-refractivity contribution < 1.29 is 4.74 Å². The number of nitrogens with one attached hydrogen (secondary N) is 1. The second-order valence-electron chi connectivity index (χ2n) is 5.48. The summed E-state index contributed by atoms with van der Waals surface area (Å²) in [7, 11) is 0. The second kappa shape index (κ2) is 5.31. The molecule has 4 atom stereocenters. The summed E-state index contributed by atoms with van der Waals surface area (Å²) in [6, 6.07) is 1.29. The summed E-state index contributed by atoms with van der Waals surface area (Å²) in [6.45, 7) is 5.64. The highest BCUT2D eigenvalue weighted by molar-refractivity contribution is 4.83. The van der Waals surface area contributed by atoms with E-state index in [1.807, 2.05) is 0 Å². The molecule has 0 aromatic carbocycles. The maximum absolute atomic E-state index is 5.72. The first-order chi connectivity index (χ1) is 7.25. The van der Waals surface area contributed by atoms with Gasteiger partial charge in [0.05, 0.1) is 6.10 Å². The standard InChI is InChI=1S/C13H25NO/c1-10-5-3-6-12(9-10)14-11(2)13-7-4-8-15-13/h10-14H,3-9H2,1-2H3. The fraction of sp³-hybridized carbons (Fsp3) is 1.00. The van der Waals surface area contributed by atoms with E-state index in [4.69, 9.17) is 4.74 Å². The maximum atomic E-state index is 5.72. The number of rotatable bonds is 3. The quantitative estimate of drug-likeness (QED) is 0.775. The van der Waals surface area contributed by atoms with Crippen molar-refractivity contribution in [2.45, 2.75) is 70.6 Å². The molecule has 2 heteroatoms. The molecule has 88 valence electrons. The Kier molecular flexibility index (Phi) is 4.04. The molecule has 1 N–H and O–H groups in total. The number of hydrogen-bond acceptors (Lipinski definition) is 2. The molecule has 0 aromatic rings. The van der Waals surface area contributed by atoms with Crippen LogP contribution in [0.2, 0.25) is 0 Å². The molecule has 2 fully saturated rings. The van der Waals surface area contributed by atoms with Crippen molar-refractivity contribution >= 4 is 0 Å². The molecule has 2 rings (SSSR count). The summed E-state index contributed by atoms with van der Waals surface area (Å²) in [5.41, 5.74) is 0. The fourth-order valence-corrected chi connectivity index (χ4v) is 3.06. The van der Waals surface area contributed by atoms with Gasteiger partial charge in [-0.15, -0.1) is 0 Å². The Hall–Kier alpha value is -0.0800. The van der Waals surface area contributed by atoms with Crippen LogP contribution in [-0.4, -0.2) is 24.8 Å². The first-order valence-corrected chi connectivity index (χ1v) is 6.63. The van der Waals surface area contributed by atoms with E-state index in [1.165, 1.54) is 38.5 Å². The van der Waals surface area contributed by atoms with Gasteiger partial charge in [-0.05, 0) is 38.5 Å². The molecular weight excluding hydrogens is 186 g/mol. The summed E-state index contributed by atoms with van der Waals surface area (Å²) in [6.07, 6.45) is 8.51. The summed E-state index contributed by atoms with van der Waals surface area (Å²) >= 11 is 0. The van der Waals surface area contributed by atoms with Gasteiger partial charge in [-0.2, -0.15) is 0 Å². The smallest absolute Gasteiger partial charge is 0.0726 e. The van der Waals surface area contributed by atoms with Crippen molar-refractivity contribution in [3.8, 4) is 0 Å². The molecular formula is C13H25NO. The van der Waals surface area contributed by atoms with Crippen molar-refractivity contribution in [1.82, 2.24) is 5.32 Å². The van der Waals surface area contributed by atoms with Gasteiger partial charge in [-0.25, -0.2) is 0 Å². The van der Waals surface area contributed by atoms with Crippen LogP contribution in [0.3, 0.4) is 0 Å². The van der Waals surface area contributed by atoms with Gasteiger partial charge in [0, 0.05) is 18.7 Å². The lowest BCUT2D eigenvalue weighted by molar-refractivity contribution is 0.0760. The number of ether oxygens (including phenoxy) is 1. The summed E-state index contributed by atoms with van der Waals surface area (Å²) in [4.78, 5) is 0. The third-order valence-electron chi connectivity index (χ3n) is 3.96. The van der Waals surface area contributed by atoms with Gasteiger partial charge >= 0.3 is 0 Å². The maximum Gasteiger partial charge on any atom is 0.0726 e. The van der Waals surface area contributed by atoms with Crippen molar-refractivity contribution in [3.05, 3.63) is 0 Å². The molecule has 1 heterocycles. The summed E-state index contributed by atoms with van der Waals surface area (Å²) < 4.78 is 5.72. The Bertz CT molecular complexity index is 189.